The predicted octanol–water partition coefficient (Wildman–Crippen LogP) is 5.90. The molecule has 0 radical (unpaired) electrons. The highest BCUT2D eigenvalue weighted by Crippen LogP contribution is 2.43. The highest BCUT2D eigenvalue weighted by molar-refractivity contribution is 6.51. The molecule has 4 rings (SSSR count). The Kier molecular flexibility index (Phi) is 7.07. The van der Waals surface area contributed by atoms with E-state index < -0.39 is 29.3 Å². The molecule has 1 aliphatic rings. The van der Waals surface area contributed by atoms with Gasteiger partial charge in [0.15, 0.2) is 0 Å². The number of hydrogen-bond acceptors (Lipinski definition) is 5. The van der Waals surface area contributed by atoms with Gasteiger partial charge >= 0.3 is 0 Å². The third kappa shape index (κ3) is 4.72. The Morgan fingerprint density at radius 3 is 2.26 bits per heavy atom. The largest absolute Gasteiger partial charge is 0.507 e. The summed E-state index contributed by atoms with van der Waals surface area (Å²) in [6.45, 7) is 4.37. The number of carbonyl (C=O) groups excluding carboxylic acids is 2. The van der Waals surface area contributed by atoms with E-state index in [0.29, 0.717) is 41.0 Å². The first-order valence-electron chi connectivity index (χ1n) is 11.1. The van der Waals surface area contributed by atoms with E-state index in [9.17, 15) is 19.1 Å². The summed E-state index contributed by atoms with van der Waals surface area (Å²) in [5, 5.41) is 11.9. The van der Waals surface area contributed by atoms with Gasteiger partial charge in [0.05, 0.1) is 30.4 Å². The van der Waals surface area contributed by atoms with E-state index in [1.54, 1.807) is 49.4 Å². The molecule has 1 N–H and O–H groups in total. The van der Waals surface area contributed by atoms with Crippen molar-refractivity contribution in [3.63, 3.8) is 0 Å². The summed E-state index contributed by atoms with van der Waals surface area (Å²) in [5.41, 5.74) is 0.950. The number of hydrogen-bond donors (Lipinski definition) is 1. The second-order valence-electron chi connectivity index (χ2n) is 7.72. The maximum Gasteiger partial charge on any atom is 0.300 e. The van der Waals surface area contributed by atoms with Crippen molar-refractivity contribution < 1.29 is 28.6 Å². The Labute approximate surface area is 207 Å². The summed E-state index contributed by atoms with van der Waals surface area (Å²) in [7, 11) is 0. The summed E-state index contributed by atoms with van der Waals surface area (Å²) in [4.78, 5) is 27.8. The van der Waals surface area contributed by atoms with Crippen molar-refractivity contribution in [3.8, 4) is 11.5 Å². The first kappa shape index (κ1) is 24.3. The minimum absolute atomic E-state index is 0.137. The van der Waals surface area contributed by atoms with Gasteiger partial charge in [-0.1, -0.05) is 23.7 Å². The van der Waals surface area contributed by atoms with Crippen molar-refractivity contribution >= 4 is 34.7 Å². The van der Waals surface area contributed by atoms with Crippen LogP contribution in [0.4, 0.5) is 10.1 Å². The van der Waals surface area contributed by atoms with Crippen molar-refractivity contribution in [1.29, 1.82) is 0 Å². The van der Waals surface area contributed by atoms with E-state index in [2.05, 4.69) is 0 Å². The molecule has 1 amide bonds. The van der Waals surface area contributed by atoms with E-state index in [4.69, 9.17) is 21.1 Å². The van der Waals surface area contributed by atoms with Crippen molar-refractivity contribution in [2.75, 3.05) is 18.1 Å². The monoisotopic (exact) mass is 495 g/mol. The van der Waals surface area contributed by atoms with E-state index in [1.165, 1.54) is 29.2 Å². The predicted molar refractivity (Wildman–Crippen MR) is 131 cm³/mol. The number of aliphatic hydroxyl groups excluding tert-OH is 1. The van der Waals surface area contributed by atoms with Crippen LogP contribution in [0, 0.1) is 5.82 Å². The topological polar surface area (TPSA) is 76.1 Å². The smallest absolute Gasteiger partial charge is 0.300 e. The SMILES string of the molecule is CCOc1ccc(/C(O)=C2/C(=O)C(=O)N(c3ccc(Cl)cc3)C2c2ccc(F)cc2)c(OCC)c1. The van der Waals surface area contributed by atoms with Crippen molar-refractivity contribution in [1.82, 2.24) is 0 Å². The lowest BCUT2D eigenvalue weighted by molar-refractivity contribution is -0.132. The van der Waals surface area contributed by atoms with Gasteiger partial charge in [-0.05, 0) is 67.9 Å². The first-order valence-corrected chi connectivity index (χ1v) is 11.5. The highest BCUT2D eigenvalue weighted by atomic mass is 35.5. The number of ketones is 1. The third-order valence-electron chi connectivity index (χ3n) is 5.55. The molecule has 3 aromatic carbocycles. The molecular formula is C27H23ClFNO5. The van der Waals surface area contributed by atoms with Gasteiger partial charge in [-0.15, -0.1) is 0 Å². The van der Waals surface area contributed by atoms with Gasteiger partial charge in [-0.3, -0.25) is 14.5 Å². The lowest BCUT2D eigenvalue weighted by Crippen LogP contribution is -2.29. The molecule has 8 heteroatoms. The van der Waals surface area contributed by atoms with Crippen LogP contribution in [0.2, 0.25) is 5.02 Å². The molecule has 0 aliphatic carbocycles. The van der Waals surface area contributed by atoms with Gasteiger partial charge in [0.1, 0.15) is 23.1 Å². The Morgan fingerprint density at radius 2 is 1.63 bits per heavy atom. The fourth-order valence-electron chi connectivity index (χ4n) is 4.04. The number of amides is 1. The number of benzene rings is 3. The summed E-state index contributed by atoms with van der Waals surface area (Å²) in [6.07, 6.45) is 0. The van der Waals surface area contributed by atoms with E-state index in [1.807, 2.05) is 6.92 Å². The van der Waals surface area contributed by atoms with Crippen LogP contribution in [0.1, 0.15) is 31.0 Å². The number of rotatable bonds is 7. The molecule has 1 saturated heterocycles. The zero-order valence-electron chi connectivity index (χ0n) is 19.1. The Bertz CT molecular complexity index is 1290. The van der Waals surface area contributed by atoms with Crippen molar-refractivity contribution in [3.05, 3.63) is 94.3 Å². The molecule has 6 nitrogen and oxygen atoms in total. The van der Waals surface area contributed by atoms with Crippen LogP contribution < -0.4 is 14.4 Å². The van der Waals surface area contributed by atoms with Gasteiger partial charge < -0.3 is 14.6 Å². The summed E-state index contributed by atoms with van der Waals surface area (Å²) < 4.78 is 24.9. The quantitative estimate of drug-likeness (QED) is 0.251. The molecule has 35 heavy (non-hydrogen) atoms. The van der Waals surface area contributed by atoms with Crippen LogP contribution in [0.25, 0.3) is 5.76 Å². The molecule has 0 saturated carbocycles. The lowest BCUT2D eigenvalue weighted by Gasteiger charge is -2.25. The van der Waals surface area contributed by atoms with Crippen LogP contribution in [0.3, 0.4) is 0 Å². The minimum Gasteiger partial charge on any atom is -0.507 e. The average Bonchev–Trinajstić information content (AvgIpc) is 3.11. The molecule has 0 aromatic heterocycles. The van der Waals surface area contributed by atoms with Gasteiger partial charge in [-0.25, -0.2) is 4.39 Å². The average molecular weight is 496 g/mol. The number of aliphatic hydroxyl groups is 1. The van der Waals surface area contributed by atoms with Crippen LogP contribution in [0.15, 0.2) is 72.3 Å². The zero-order valence-corrected chi connectivity index (χ0v) is 19.9. The Hall–Kier alpha value is -3.84. The Balaban J connectivity index is 1.93. The second-order valence-corrected chi connectivity index (χ2v) is 8.16. The molecule has 1 heterocycles. The Morgan fingerprint density at radius 1 is 0.971 bits per heavy atom. The van der Waals surface area contributed by atoms with Gasteiger partial charge in [0.2, 0.25) is 0 Å². The summed E-state index contributed by atoms with van der Waals surface area (Å²) in [5.74, 6) is -1.74. The normalized spacial score (nSPS) is 17.0. The number of anilines is 1. The molecule has 3 aromatic rings. The maximum atomic E-state index is 13.7. The van der Waals surface area contributed by atoms with Crippen LogP contribution in [-0.2, 0) is 9.59 Å². The molecule has 0 spiro atoms. The van der Waals surface area contributed by atoms with E-state index >= 15 is 0 Å². The second kappa shape index (κ2) is 10.2. The number of halogens is 2. The highest BCUT2D eigenvalue weighted by Gasteiger charge is 2.47. The fraction of sp³-hybridized carbons (Fsp3) is 0.185. The van der Waals surface area contributed by atoms with E-state index in [-0.39, 0.29) is 11.1 Å². The molecule has 1 atom stereocenters. The van der Waals surface area contributed by atoms with Crippen molar-refractivity contribution in [2.24, 2.45) is 0 Å². The summed E-state index contributed by atoms with van der Waals surface area (Å²) in [6, 6.07) is 15.6. The molecule has 0 bridgehead atoms. The molecule has 180 valence electrons. The van der Waals surface area contributed by atoms with Crippen molar-refractivity contribution in [2.45, 2.75) is 19.9 Å². The fourth-order valence-corrected chi connectivity index (χ4v) is 4.16. The number of nitrogens with zero attached hydrogens (tertiary/aromatic N) is 1. The minimum atomic E-state index is -1.00. The number of Topliss-reactive ketones (excluding diaryl/α,β-unsaturated/α-hetero) is 1. The third-order valence-corrected chi connectivity index (χ3v) is 5.81. The van der Waals surface area contributed by atoms with Gasteiger partial charge in [0.25, 0.3) is 11.7 Å². The molecule has 1 fully saturated rings. The summed E-state index contributed by atoms with van der Waals surface area (Å²) >= 11 is 6.01. The number of ether oxygens (including phenoxy) is 2. The molecular weight excluding hydrogens is 473 g/mol. The molecule has 1 aliphatic heterocycles. The van der Waals surface area contributed by atoms with Crippen LogP contribution in [0.5, 0.6) is 11.5 Å². The zero-order chi connectivity index (χ0) is 25.1. The molecule has 1 unspecified atom stereocenters. The van der Waals surface area contributed by atoms with Crippen LogP contribution in [-0.4, -0.2) is 30.0 Å². The van der Waals surface area contributed by atoms with E-state index in [0.717, 1.165) is 0 Å². The lowest BCUT2D eigenvalue weighted by atomic mass is 9.94. The van der Waals surface area contributed by atoms with Crippen LogP contribution >= 0.6 is 11.6 Å². The standard InChI is InChI=1S/C27H23ClFNO5/c1-3-34-20-13-14-21(22(15-20)35-4-2)25(31)23-24(16-5-9-18(29)10-6-16)30(27(33)26(23)32)19-11-7-17(28)8-12-19/h5-15,24,31H,3-4H2,1-2H3/b25-23-. The number of carbonyl (C=O) groups is 2. The maximum absolute atomic E-state index is 13.7. The van der Waals surface area contributed by atoms with Gasteiger partial charge in [-0.2, -0.15) is 0 Å². The van der Waals surface area contributed by atoms with Gasteiger partial charge in [0, 0.05) is 16.8 Å². The first-order chi connectivity index (χ1) is 16.8.